The molecule has 0 saturated carbocycles. The lowest BCUT2D eigenvalue weighted by Crippen LogP contribution is -2.49. The molecule has 0 aromatic carbocycles. The summed E-state index contributed by atoms with van der Waals surface area (Å²) in [5.41, 5.74) is -0.853. The van der Waals surface area contributed by atoms with Crippen LogP contribution in [0.5, 0.6) is 0 Å². The highest BCUT2D eigenvalue weighted by Gasteiger charge is 2.34. The lowest BCUT2D eigenvalue weighted by molar-refractivity contribution is -0.136. The van der Waals surface area contributed by atoms with E-state index >= 15 is 0 Å². The number of rotatable bonds is 5. The Kier molecular flexibility index (Phi) is 6.86. The van der Waals surface area contributed by atoms with Crippen molar-refractivity contribution in [2.24, 2.45) is 0 Å². The molecule has 1 saturated heterocycles. The van der Waals surface area contributed by atoms with Gasteiger partial charge in [0, 0.05) is 19.1 Å². The van der Waals surface area contributed by atoms with Crippen molar-refractivity contribution in [2.75, 3.05) is 19.7 Å². The molecule has 1 atom stereocenters. The average Bonchev–Trinajstić information content (AvgIpc) is 2.44. The number of ether oxygens (including phenoxy) is 2. The summed E-state index contributed by atoms with van der Waals surface area (Å²) in [6.45, 7) is 12.8. The fourth-order valence-electron chi connectivity index (χ4n) is 2.29. The van der Waals surface area contributed by atoms with Gasteiger partial charge in [0.05, 0.1) is 5.60 Å². The molecule has 134 valence electrons. The van der Waals surface area contributed by atoms with E-state index in [1.165, 1.54) is 0 Å². The van der Waals surface area contributed by atoms with Crippen LogP contribution in [-0.2, 0) is 14.3 Å². The molecule has 6 nitrogen and oxygen atoms in total. The molecule has 1 aliphatic heterocycles. The van der Waals surface area contributed by atoms with Gasteiger partial charge in [-0.3, -0.25) is 4.79 Å². The highest BCUT2D eigenvalue weighted by Crippen LogP contribution is 2.26. The summed E-state index contributed by atoms with van der Waals surface area (Å²) < 4.78 is 11.2. The summed E-state index contributed by atoms with van der Waals surface area (Å²) in [7, 11) is 0. The van der Waals surface area contributed by atoms with Crippen LogP contribution in [-0.4, -0.2) is 53.8 Å². The highest BCUT2D eigenvalue weighted by atomic mass is 16.6. The quantitative estimate of drug-likeness (QED) is 0.842. The Labute approximate surface area is 139 Å². The molecule has 0 bridgehead atoms. The van der Waals surface area contributed by atoms with Gasteiger partial charge in [0.2, 0.25) is 5.91 Å². The fraction of sp³-hybridized carbons (Fsp3) is 0.882. The first-order valence-corrected chi connectivity index (χ1v) is 8.46. The predicted molar refractivity (Wildman–Crippen MR) is 89.3 cm³/mol. The van der Waals surface area contributed by atoms with Crippen molar-refractivity contribution in [3.8, 4) is 0 Å². The molecule has 6 heteroatoms. The van der Waals surface area contributed by atoms with Crippen molar-refractivity contribution >= 4 is 12.0 Å². The highest BCUT2D eigenvalue weighted by molar-refractivity contribution is 5.77. The largest absolute Gasteiger partial charge is 0.444 e. The first kappa shape index (κ1) is 19.7. The number of carbonyl (C=O) groups excluding carboxylic acids is 2. The van der Waals surface area contributed by atoms with Crippen LogP contribution in [0, 0.1) is 0 Å². The zero-order valence-corrected chi connectivity index (χ0v) is 15.4. The van der Waals surface area contributed by atoms with Gasteiger partial charge < -0.3 is 19.7 Å². The standard InChI is InChI=1S/C17H32N2O4/c1-7-13(2)18-14(20)12-22-17(6)8-10-19(11-9-17)15(21)23-16(3,4)5/h13H,7-12H2,1-6H3,(H,18,20). The molecular weight excluding hydrogens is 296 g/mol. The Hall–Kier alpha value is -1.30. The Morgan fingerprint density at radius 2 is 1.83 bits per heavy atom. The lowest BCUT2D eigenvalue weighted by atomic mass is 9.93. The van der Waals surface area contributed by atoms with Gasteiger partial charge in [-0.15, -0.1) is 0 Å². The van der Waals surface area contributed by atoms with Crippen LogP contribution in [0.4, 0.5) is 4.79 Å². The second kappa shape index (κ2) is 7.99. The summed E-state index contributed by atoms with van der Waals surface area (Å²) >= 11 is 0. The van der Waals surface area contributed by atoms with E-state index in [1.54, 1.807) is 4.90 Å². The minimum atomic E-state index is -0.484. The molecule has 1 aliphatic rings. The number of carbonyl (C=O) groups is 2. The lowest BCUT2D eigenvalue weighted by Gasteiger charge is -2.39. The van der Waals surface area contributed by atoms with Crippen LogP contribution >= 0.6 is 0 Å². The van der Waals surface area contributed by atoms with Gasteiger partial charge >= 0.3 is 6.09 Å². The van der Waals surface area contributed by atoms with E-state index in [2.05, 4.69) is 5.32 Å². The zero-order valence-electron chi connectivity index (χ0n) is 15.4. The molecule has 1 rings (SSSR count). The van der Waals surface area contributed by atoms with Gasteiger partial charge in [0.25, 0.3) is 0 Å². The molecule has 1 unspecified atom stereocenters. The Morgan fingerprint density at radius 3 is 2.30 bits per heavy atom. The molecule has 23 heavy (non-hydrogen) atoms. The molecule has 2 amide bonds. The Balaban J connectivity index is 2.39. The third-order valence-electron chi connectivity index (χ3n) is 4.04. The first-order chi connectivity index (χ1) is 10.5. The van der Waals surface area contributed by atoms with Crippen LogP contribution in [0.2, 0.25) is 0 Å². The number of piperidine rings is 1. The van der Waals surface area contributed by atoms with E-state index in [0.717, 1.165) is 6.42 Å². The Morgan fingerprint density at radius 1 is 1.26 bits per heavy atom. The minimum absolute atomic E-state index is 0.0628. The van der Waals surface area contributed by atoms with E-state index in [1.807, 2.05) is 41.5 Å². The SMILES string of the molecule is CCC(C)NC(=O)COC1(C)CCN(C(=O)OC(C)(C)C)CC1. The van der Waals surface area contributed by atoms with Crippen LogP contribution in [0.15, 0.2) is 0 Å². The third-order valence-corrected chi connectivity index (χ3v) is 4.04. The van der Waals surface area contributed by atoms with Crippen LogP contribution < -0.4 is 5.32 Å². The second-order valence-electron chi connectivity index (χ2n) is 7.58. The third kappa shape index (κ3) is 7.20. The van der Waals surface area contributed by atoms with Crippen molar-refractivity contribution in [1.82, 2.24) is 10.2 Å². The van der Waals surface area contributed by atoms with Gasteiger partial charge in [-0.1, -0.05) is 6.92 Å². The second-order valence-corrected chi connectivity index (χ2v) is 7.58. The summed E-state index contributed by atoms with van der Waals surface area (Å²) in [6, 6.07) is 0.160. The van der Waals surface area contributed by atoms with Crippen LogP contribution in [0.25, 0.3) is 0 Å². The van der Waals surface area contributed by atoms with Gasteiger partial charge in [0.1, 0.15) is 12.2 Å². The number of nitrogens with one attached hydrogen (secondary N) is 1. The number of hydrogen-bond acceptors (Lipinski definition) is 4. The molecular formula is C17H32N2O4. The van der Waals surface area contributed by atoms with Crippen LogP contribution in [0.1, 0.15) is 60.8 Å². The monoisotopic (exact) mass is 328 g/mol. The van der Waals surface area contributed by atoms with Crippen molar-refractivity contribution in [1.29, 1.82) is 0 Å². The van der Waals surface area contributed by atoms with Crippen molar-refractivity contribution in [2.45, 2.75) is 78.0 Å². The van der Waals surface area contributed by atoms with Crippen molar-refractivity contribution in [3.05, 3.63) is 0 Å². The molecule has 1 N–H and O–H groups in total. The van der Waals surface area contributed by atoms with Crippen LogP contribution in [0.3, 0.4) is 0 Å². The molecule has 0 aliphatic carbocycles. The van der Waals surface area contributed by atoms with Gasteiger partial charge in [0.15, 0.2) is 0 Å². The summed E-state index contributed by atoms with van der Waals surface area (Å²) in [5.74, 6) is -0.0878. The number of nitrogens with zero attached hydrogens (tertiary/aromatic N) is 1. The molecule has 0 radical (unpaired) electrons. The fourth-order valence-corrected chi connectivity index (χ4v) is 2.29. The maximum atomic E-state index is 12.0. The predicted octanol–water partition coefficient (Wildman–Crippen LogP) is 2.71. The number of hydrogen-bond donors (Lipinski definition) is 1. The molecule has 0 aromatic heterocycles. The van der Waals surface area contributed by atoms with E-state index < -0.39 is 5.60 Å². The zero-order chi connectivity index (χ0) is 17.7. The number of likely N-dealkylation sites (tertiary alicyclic amines) is 1. The smallest absolute Gasteiger partial charge is 0.410 e. The first-order valence-electron chi connectivity index (χ1n) is 8.46. The van der Waals surface area contributed by atoms with Gasteiger partial charge in [-0.2, -0.15) is 0 Å². The van der Waals surface area contributed by atoms with E-state index in [-0.39, 0.29) is 30.3 Å². The molecule has 0 spiro atoms. The number of amides is 2. The molecule has 0 aromatic rings. The summed E-state index contributed by atoms with van der Waals surface area (Å²) in [4.78, 5) is 25.6. The molecule has 1 heterocycles. The van der Waals surface area contributed by atoms with E-state index in [9.17, 15) is 9.59 Å². The molecule has 1 fully saturated rings. The topological polar surface area (TPSA) is 67.9 Å². The van der Waals surface area contributed by atoms with Crippen molar-refractivity contribution < 1.29 is 19.1 Å². The van der Waals surface area contributed by atoms with E-state index in [0.29, 0.717) is 25.9 Å². The van der Waals surface area contributed by atoms with Crippen molar-refractivity contribution in [3.63, 3.8) is 0 Å². The summed E-state index contributed by atoms with van der Waals surface area (Å²) in [5, 5.41) is 2.89. The normalized spacial score (nSPS) is 19.1. The van der Waals surface area contributed by atoms with E-state index in [4.69, 9.17) is 9.47 Å². The summed E-state index contributed by atoms with van der Waals surface area (Å²) in [6.07, 6.45) is 2.01. The Bertz CT molecular complexity index is 409. The van der Waals surface area contributed by atoms with Gasteiger partial charge in [-0.05, 0) is 53.9 Å². The van der Waals surface area contributed by atoms with Gasteiger partial charge in [-0.25, -0.2) is 4.79 Å². The average molecular weight is 328 g/mol. The maximum Gasteiger partial charge on any atom is 0.410 e. The minimum Gasteiger partial charge on any atom is -0.444 e. The maximum absolute atomic E-state index is 12.0.